The van der Waals surface area contributed by atoms with Crippen molar-refractivity contribution in [3.8, 4) is 11.3 Å². The molecule has 0 aliphatic carbocycles. The fourth-order valence-corrected chi connectivity index (χ4v) is 1.59. The summed E-state index contributed by atoms with van der Waals surface area (Å²) in [5, 5.41) is 0. The Morgan fingerprint density at radius 3 is 2.60 bits per heavy atom. The molecule has 3 heteroatoms. The second-order valence-corrected chi connectivity index (χ2v) is 4.24. The van der Waals surface area contributed by atoms with Gasteiger partial charge in [0.1, 0.15) is 5.82 Å². The van der Waals surface area contributed by atoms with Gasteiger partial charge in [-0.3, -0.25) is 4.98 Å². The molecule has 0 saturated carbocycles. The van der Waals surface area contributed by atoms with Crippen LogP contribution in [0.2, 0.25) is 0 Å². The molecule has 1 aromatic carbocycles. The first-order valence-corrected chi connectivity index (χ1v) is 5.34. The summed E-state index contributed by atoms with van der Waals surface area (Å²) in [6, 6.07) is 8.82. The molecule has 76 valence electrons. The normalized spacial score (nSPS) is 10.3. The van der Waals surface area contributed by atoms with Gasteiger partial charge in [-0.15, -0.1) is 0 Å². The van der Waals surface area contributed by atoms with Crippen molar-refractivity contribution < 1.29 is 4.39 Å². The highest BCUT2D eigenvalue weighted by molar-refractivity contribution is 9.10. The predicted molar refractivity (Wildman–Crippen MR) is 62.1 cm³/mol. The lowest BCUT2D eigenvalue weighted by Crippen LogP contribution is -1.86. The van der Waals surface area contributed by atoms with Crippen LogP contribution in [0.5, 0.6) is 0 Å². The van der Waals surface area contributed by atoms with Crippen molar-refractivity contribution in [3.63, 3.8) is 0 Å². The summed E-state index contributed by atoms with van der Waals surface area (Å²) in [7, 11) is 0. The van der Waals surface area contributed by atoms with E-state index >= 15 is 0 Å². The molecule has 0 bridgehead atoms. The molecule has 0 fully saturated rings. The molecule has 2 rings (SSSR count). The highest BCUT2D eigenvalue weighted by atomic mass is 79.9. The van der Waals surface area contributed by atoms with Crippen LogP contribution in [0.3, 0.4) is 0 Å². The van der Waals surface area contributed by atoms with Crippen molar-refractivity contribution in [2.75, 3.05) is 0 Å². The van der Waals surface area contributed by atoms with Gasteiger partial charge < -0.3 is 0 Å². The van der Waals surface area contributed by atoms with Crippen molar-refractivity contribution in [2.45, 2.75) is 6.92 Å². The maximum Gasteiger partial charge on any atom is 0.126 e. The lowest BCUT2D eigenvalue weighted by molar-refractivity contribution is 0.619. The minimum Gasteiger partial charge on any atom is -0.255 e. The van der Waals surface area contributed by atoms with Crippen LogP contribution in [0.25, 0.3) is 11.3 Å². The van der Waals surface area contributed by atoms with Crippen molar-refractivity contribution in [1.82, 2.24) is 4.98 Å². The number of hydrogen-bond acceptors (Lipinski definition) is 1. The number of nitrogens with zero attached hydrogens (tertiary/aromatic N) is 1. The Hall–Kier alpha value is -1.22. The van der Waals surface area contributed by atoms with Crippen LogP contribution >= 0.6 is 15.9 Å². The van der Waals surface area contributed by atoms with Gasteiger partial charge in [-0.2, -0.15) is 0 Å². The fraction of sp³-hybridized carbons (Fsp3) is 0.0833. The topological polar surface area (TPSA) is 12.9 Å². The number of benzene rings is 1. The largest absolute Gasteiger partial charge is 0.255 e. The van der Waals surface area contributed by atoms with Crippen molar-refractivity contribution in [1.29, 1.82) is 0 Å². The van der Waals surface area contributed by atoms with Gasteiger partial charge in [0.25, 0.3) is 0 Å². The van der Waals surface area contributed by atoms with Gasteiger partial charge in [0, 0.05) is 16.2 Å². The highest BCUT2D eigenvalue weighted by Gasteiger charge is 2.02. The lowest BCUT2D eigenvalue weighted by atomic mass is 10.1. The molecule has 2 aromatic rings. The van der Waals surface area contributed by atoms with E-state index < -0.39 is 0 Å². The third-order valence-electron chi connectivity index (χ3n) is 2.18. The summed E-state index contributed by atoms with van der Waals surface area (Å²) < 4.78 is 14.0. The van der Waals surface area contributed by atoms with Crippen LogP contribution in [-0.4, -0.2) is 4.98 Å². The van der Waals surface area contributed by atoms with Crippen LogP contribution in [0.4, 0.5) is 4.39 Å². The summed E-state index contributed by atoms with van der Waals surface area (Å²) in [6.07, 6.45) is 1.73. The quantitative estimate of drug-likeness (QED) is 0.761. The first-order chi connectivity index (χ1) is 7.16. The van der Waals surface area contributed by atoms with E-state index in [1.807, 2.05) is 12.1 Å². The van der Waals surface area contributed by atoms with E-state index in [-0.39, 0.29) is 5.82 Å². The SMILES string of the molecule is Cc1cc(-c2ccc(Br)cn2)ccc1F. The molecule has 1 nitrogen and oxygen atoms in total. The Morgan fingerprint density at radius 2 is 2.00 bits per heavy atom. The van der Waals surface area contributed by atoms with E-state index in [0.29, 0.717) is 5.56 Å². The summed E-state index contributed by atoms with van der Waals surface area (Å²) in [5.74, 6) is -0.184. The average Bonchev–Trinajstić information content (AvgIpc) is 2.23. The summed E-state index contributed by atoms with van der Waals surface area (Å²) in [4.78, 5) is 4.25. The highest BCUT2D eigenvalue weighted by Crippen LogP contribution is 2.21. The number of rotatable bonds is 1. The molecule has 15 heavy (non-hydrogen) atoms. The van der Waals surface area contributed by atoms with Gasteiger partial charge in [-0.25, -0.2) is 4.39 Å². The molecule has 0 amide bonds. The molecular formula is C12H9BrFN. The Labute approximate surface area is 96.1 Å². The summed E-state index contributed by atoms with van der Waals surface area (Å²) in [5.41, 5.74) is 2.42. The molecule has 0 aliphatic heterocycles. The standard InChI is InChI=1S/C12H9BrFN/c1-8-6-9(2-4-11(8)14)12-5-3-10(13)7-15-12/h2-7H,1H3. The number of halogens is 2. The number of aryl methyl sites for hydroxylation is 1. The van der Waals surface area contributed by atoms with Gasteiger partial charge in [-0.05, 0) is 58.7 Å². The van der Waals surface area contributed by atoms with E-state index in [4.69, 9.17) is 0 Å². The first-order valence-electron chi connectivity index (χ1n) is 4.55. The second kappa shape index (κ2) is 4.11. The smallest absolute Gasteiger partial charge is 0.126 e. The third-order valence-corrected chi connectivity index (χ3v) is 2.65. The summed E-state index contributed by atoms with van der Waals surface area (Å²) >= 11 is 3.32. The van der Waals surface area contributed by atoms with E-state index in [9.17, 15) is 4.39 Å². The average molecular weight is 266 g/mol. The van der Waals surface area contributed by atoms with Gasteiger partial charge in [0.15, 0.2) is 0 Å². The van der Waals surface area contributed by atoms with Gasteiger partial charge in [0.05, 0.1) is 5.69 Å². The Bertz CT molecular complexity index is 479. The molecule has 0 saturated heterocycles. The van der Waals surface area contributed by atoms with Crippen LogP contribution < -0.4 is 0 Å². The molecule has 0 unspecified atom stereocenters. The molecule has 0 atom stereocenters. The lowest BCUT2D eigenvalue weighted by Gasteiger charge is -2.02. The summed E-state index contributed by atoms with van der Waals surface area (Å²) in [6.45, 7) is 1.75. The molecule has 1 aromatic heterocycles. The van der Waals surface area contributed by atoms with Crippen LogP contribution in [0, 0.1) is 12.7 Å². The first kappa shape index (κ1) is 10.3. The molecule has 0 aliphatic rings. The van der Waals surface area contributed by atoms with E-state index in [2.05, 4.69) is 20.9 Å². The number of hydrogen-bond donors (Lipinski definition) is 0. The zero-order valence-corrected chi connectivity index (χ0v) is 9.75. The van der Waals surface area contributed by atoms with E-state index in [0.717, 1.165) is 15.7 Å². The number of pyridine rings is 1. The maximum atomic E-state index is 13.1. The van der Waals surface area contributed by atoms with E-state index in [1.54, 1.807) is 25.3 Å². The van der Waals surface area contributed by atoms with Gasteiger partial charge >= 0.3 is 0 Å². The molecular weight excluding hydrogens is 257 g/mol. The molecule has 1 heterocycles. The molecule has 0 radical (unpaired) electrons. The van der Waals surface area contributed by atoms with Crippen LogP contribution in [0.15, 0.2) is 41.0 Å². The van der Waals surface area contributed by atoms with Crippen molar-refractivity contribution >= 4 is 15.9 Å². The van der Waals surface area contributed by atoms with Crippen LogP contribution in [0.1, 0.15) is 5.56 Å². The Balaban J connectivity index is 2.45. The Kier molecular flexibility index (Phi) is 2.82. The van der Waals surface area contributed by atoms with Gasteiger partial charge in [-0.1, -0.05) is 0 Å². The zero-order chi connectivity index (χ0) is 10.8. The van der Waals surface area contributed by atoms with Crippen molar-refractivity contribution in [2.24, 2.45) is 0 Å². The third kappa shape index (κ3) is 2.23. The predicted octanol–water partition coefficient (Wildman–Crippen LogP) is 3.96. The minimum atomic E-state index is -0.184. The van der Waals surface area contributed by atoms with Gasteiger partial charge in [0.2, 0.25) is 0 Å². The molecule has 0 N–H and O–H groups in total. The second-order valence-electron chi connectivity index (χ2n) is 3.33. The van der Waals surface area contributed by atoms with Crippen LogP contribution in [-0.2, 0) is 0 Å². The maximum absolute atomic E-state index is 13.1. The van der Waals surface area contributed by atoms with Crippen molar-refractivity contribution in [3.05, 3.63) is 52.4 Å². The molecule has 0 spiro atoms. The number of aromatic nitrogens is 1. The Morgan fingerprint density at radius 1 is 1.20 bits per heavy atom. The van der Waals surface area contributed by atoms with E-state index in [1.165, 1.54) is 6.07 Å². The monoisotopic (exact) mass is 265 g/mol. The fourth-order valence-electron chi connectivity index (χ4n) is 1.35. The zero-order valence-electron chi connectivity index (χ0n) is 8.17. The minimum absolute atomic E-state index is 0.184.